The highest BCUT2D eigenvalue weighted by Crippen LogP contribution is 2.34. The zero-order valence-corrected chi connectivity index (χ0v) is 18.4. The third kappa shape index (κ3) is 4.28. The number of nitrogens with zero attached hydrogens (tertiary/aromatic N) is 2. The van der Waals surface area contributed by atoms with Crippen LogP contribution in [-0.4, -0.2) is 52.3 Å². The third-order valence-corrected chi connectivity index (χ3v) is 6.90. The van der Waals surface area contributed by atoms with Crippen LogP contribution < -0.4 is 15.0 Å². The average Bonchev–Trinajstić information content (AvgIpc) is 3.13. The van der Waals surface area contributed by atoms with Crippen molar-refractivity contribution in [3.05, 3.63) is 47.0 Å². The molecule has 1 N–H and O–H groups in total. The summed E-state index contributed by atoms with van der Waals surface area (Å²) >= 11 is 6.15. The molecule has 8 nitrogen and oxygen atoms in total. The lowest BCUT2D eigenvalue weighted by atomic mass is 10.2. The standard InChI is InChI=1S/C20H22ClN3O5S/c1-23(2)30(27,28)14-7-8-16(21)15(12-14)20(26)22-13-6-9-18(29-3)17(11-13)24-10-4-5-19(24)25/h6-9,11-12H,4-5,10H2,1-3H3,(H,22,26). The lowest BCUT2D eigenvalue weighted by molar-refractivity contribution is -0.117. The van der Waals surface area contributed by atoms with Crippen LogP contribution in [0, 0.1) is 0 Å². The molecular formula is C20H22ClN3O5S. The van der Waals surface area contributed by atoms with Gasteiger partial charge in [-0.1, -0.05) is 11.6 Å². The molecule has 1 heterocycles. The molecule has 0 saturated carbocycles. The Kier molecular flexibility index (Phi) is 6.35. The molecule has 0 atom stereocenters. The van der Waals surface area contributed by atoms with Crippen LogP contribution in [0.4, 0.5) is 11.4 Å². The Morgan fingerprint density at radius 3 is 2.53 bits per heavy atom. The summed E-state index contributed by atoms with van der Waals surface area (Å²) in [4.78, 5) is 26.5. The number of hydrogen-bond acceptors (Lipinski definition) is 5. The first kappa shape index (κ1) is 22.1. The molecule has 0 unspecified atom stereocenters. The number of carbonyl (C=O) groups is 2. The maximum Gasteiger partial charge on any atom is 0.257 e. The Morgan fingerprint density at radius 1 is 1.20 bits per heavy atom. The Balaban J connectivity index is 1.92. The first-order chi connectivity index (χ1) is 14.1. The van der Waals surface area contributed by atoms with Crippen molar-refractivity contribution in [1.82, 2.24) is 4.31 Å². The average molecular weight is 452 g/mol. The first-order valence-electron chi connectivity index (χ1n) is 9.17. The quantitative estimate of drug-likeness (QED) is 0.728. The molecule has 0 spiro atoms. The maximum absolute atomic E-state index is 12.8. The van der Waals surface area contributed by atoms with Crippen molar-refractivity contribution in [3.8, 4) is 5.75 Å². The number of methoxy groups -OCH3 is 1. The van der Waals surface area contributed by atoms with Crippen molar-refractivity contribution in [2.75, 3.05) is 38.0 Å². The van der Waals surface area contributed by atoms with E-state index in [1.165, 1.54) is 39.4 Å². The van der Waals surface area contributed by atoms with Gasteiger partial charge in [0.25, 0.3) is 5.91 Å². The van der Waals surface area contributed by atoms with Crippen LogP contribution in [0.2, 0.25) is 5.02 Å². The SMILES string of the molecule is COc1ccc(NC(=O)c2cc(S(=O)(=O)N(C)C)ccc2Cl)cc1N1CCCC1=O. The summed E-state index contributed by atoms with van der Waals surface area (Å²) in [5, 5.41) is 2.83. The molecule has 0 bridgehead atoms. The number of halogens is 1. The second kappa shape index (κ2) is 8.63. The van der Waals surface area contributed by atoms with Crippen LogP contribution in [0.3, 0.4) is 0 Å². The summed E-state index contributed by atoms with van der Waals surface area (Å²) in [6.45, 7) is 0.572. The largest absolute Gasteiger partial charge is 0.495 e. The fourth-order valence-corrected chi connectivity index (χ4v) is 4.26. The summed E-state index contributed by atoms with van der Waals surface area (Å²) in [5.41, 5.74) is 1.01. The number of rotatable bonds is 6. The van der Waals surface area contributed by atoms with Gasteiger partial charge in [0.15, 0.2) is 0 Å². The molecule has 160 valence electrons. The van der Waals surface area contributed by atoms with Crippen molar-refractivity contribution in [3.63, 3.8) is 0 Å². The van der Waals surface area contributed by atoms with Gasteiger partial charge in [-0.25, -0.2) is 12.7 Å². The molecule has 2 amide bonds. The van der Waals surface area contributed by atoms with E-state index in [1.54, 1.807) is 23.1 Å². The summed E-state index contributed by atoms with van der Waals surface area (Å²) in [6.07, 6.45) is 1.21. The zero-order valence-electron chi connectivity index (χ0n) is 16.8. The summed E-state index contributed by atoms with van der Waals surface area (Å²) in [7, 11) is 0.597. The van der Waals surface area contributed by atoms with E-state index >= 15 is 0 Å². The molecule has 30 heavy (non-hydrogen) atoms. The van der Waals surface area contributed by atoms with Crippen molar-refractivity contribution >= 4 is 44.8 Å². The van der Waals surface area contributed by atoms with E-state index in [4.69, 9.17) is 16.3 Å². The molecule has 3 rings (SSSR count). The second-order valence-electron chi connectivity index (χ2n) is 6.92. The molecule has 1 aliphatic rings. The van der Waals surface area contributed by atoms with E-state index in [0.29, 0.717) is 30.1 Å². The molecule has 1 aliphatic heterocycles. The van der Waals surface area contributed by atoms with Crippen molar-refractivity contribution in [2.24, 2.45) is 0 Å². The molecule has 2 aromatic carbocycles. The summed E-state index contributed by atoms with van der Waals surface area (Å²) in [6, 6.07) is 8.89. The van der Waals surface area contributed by atoms with Gasteiger partial charge in [-0.15, -0.1) is 0 Å². The topological polar surface area (TPSA) is 96.0 Å². The van der Waals surface area contributed by atoms with Gasteiger partial charge in [0.05, 0.1) is 28.3 Å². The smallest absolute Gasteiger partial charge is 0.257 e. The minimum atomic E-state index is -3.72. The number of ether oxygens (including phenoxy) is 1. The van der Waals surface area contributed by atoms with E-state index in [0.717, 1.165) is 10.7 Å². The molecule has 0 aromatic heterocycles. The minimum absolute atomic E-state index is 0.0126. The normalized spacial score (nSPS) is 14.3. The second-order valence-corrected chi connectivity index (χ2v) is 9.48. The Morgan fingerprint density at radius 2 is 1.93 bits per heavy atom. The van der Waals surface area contributed by atoms with Gasteiger partial charge in [-0.2, -0.15) is 0 Å². The fraction of sp³-hybridized carbons (Fsp3) is 0.300. The lowest BCUT2D eigenvalue weighted by Gasteiger charge is -2.20. The molecule has 2 aromatic rings. The van der Waals surface area contributed by atoms with E-state index < -0.39 is 15.9 Å². The summed E-state index contributed by atoms with van der Waals surface area (Å²) < 4.78 is 31.1. The first-order valence-corrected chi connectivity index (χ1v) is 11.0. The van der Waals surface area contributed by atoms with E-state index in [9.17, 15) is 18.0 Å². The van der Waals surface area contributed by atoms with Crippen LogP contribution >= 0.6 is 11.6 Å². The third-order valence-electron chi connectivity index (χ3n) is 4.76. The van der Waals surface area contributed by atoms with Gasteiger partial charge in [-0.3, -0.25) is 9.59 Å². The van der Waals surface area contributed by atoms with E-state index in [-0.39, 0.29) is 21.4 Å². The minimum Gasteiger partial charge on any atom is -0.495 e. The zero-order chi connectivity index (χ0) is 22.1. The predicted molar refractivity (Wildman–Crippen MR) is 115 cm³/mol. The predicted octanol–water partition coefficient (Wildman–Crippen LogP) is 2.98. The van der Waals surface area contributed by atoms with Crippen LogP contribution in [-0.2, 0) is 14.8 Å². The molecule has 1 fully saturated rings. The van der Waals surface area contributed by atoms with Gasteiger partial charge in [0.1, 0.15) is 5.75 Å². The Bertz CT molecular complexity index is 1100. The summed E-state index contributed by atoms with van der Waals surface area (Å²) in [5.74, 6) is -0.0681. The van der Waals surface area contributed by atoms with Gasteiger partial charge in [0.2, 0.25) is 15.9 Å². The van der Waals surface area contributed by atoms with Crippen LogP contribution in [0.5, 0.6) is 5.75 Å². The van der Waals surface area contributed by atoms with Gasteiger partial charge in [0, 0.05) is 32.7 Å². The number of amides is 2. The number of anilines is 2. The van der Waals surface area contributed by atoms with Crippen molar-refractivity contribution < 1.29 is 22.7 Å². The van der Waals surface area contributed by atoms with E-state index in [1.807, 2.05) is 0 Å². The van der Waals surface area contributed by atoms with Gasteiger partial charge in [-0.05, 0) is 42.8 Å². The number of hydrogen-bond donors (Lipinski definition) is 1. The highest BCUT2D eigenvalue weighted by molar-refractivity contribution is 7.89. The number of benzene rings is 2. The number of carbonyl (C=O) groups excluding carboxylic acids is 2. The van der Waals surface area contributed by atoms with Gasteiger partial charge >= 0.3 is 0 Å². The van der Waals surface area contributed by atoms with Crippen LogP contribution in [0.25, 0.3) is 0 Å². The van der Waals surface area contributed by atoms with Crippen molar-refractivity contribution in [2.45, 2.75) is 17.7 Å². The molecular weight excluding hydrogens is 430 g/mol. The van der Waals surface area contributed by atoms with Crippen LogP contribution in [0.1, 0.15) is 23.2 Å². The maximum atomic E-state index is 12.8. The molecule has 0 aliphatic carbocycles. The fourth-order valence-electron chi connectivity index (χ4n) is 3.13. The highest BCUT2D eigenvalue weighted by Gasteiger charge is 2.25. The molecule has 0 radical (unpaired) electrons. The highest BCUT2D eigenvalue weighted by atomic mass is 35.5. The lowest BCUT2D eigenvalue weighted by Crippen LogP contribution is -2.24. The van der Waals surface area contributed by atoms with E-state index in [2.05, 4.69) is 5.32 Å². The monoisotopic (exact) mass is 451 g/mol. The molecule has 10 heteroatoms. The van der Waals surface area contributed by atoms with Crippen LogP contribution in [0.15, 0.2) is 41.3 Å². The van der Waals surface area contributed by atoms with Gasteiger partial charge < -0.3 is 15.0 Å². The number of nitrogens with one attached hydrogen (secondary N) is 1. The van der Waals surface area contributed by atoms with Crippen molar-refractivity contribution in [1.29, 1.82) is 0 Å². The molecule has 1 saturated heterocycles. The Hall–Kier alpha value is -2.62. The Labute approximate surface area is 180 Å². The number of sulfonamides is 1.